The summed E-state index contributed by atoms with van der Waals surface area (Å²) >= 11 is 4.32. The van der Waals surface area contributed by atoms with E-state index in [1.807, 2.05) is 54.1 Å². The number of aromatic nitrogens is 2. The summed E-state index contributed by atoms with van der Waals surface area (Å²) in [6.45, 7) is 6.34. The first kappa shape index (κ1) is 23.3. The molecule has 3 aromatic heterocycles. The van der Waals surface area contributed by atoms with E-state index in [2.05, 4.69) is 11.9 Å². The molecule has 1 amide bonds. The number of nitrogens with zero attached hydrogens (tertiary/aromatic N) is 2. The second-order valence-corrected chi connectivity index (χ2v) is 10.3. The van der Waals surface area contributed by atoms with E-state index in [0.29, 0.717) is 28.5 Å². The quantitative estimate of drug-likeness (QED) is 0.196. The van der Waals surface area contributed by atoms with Gasteiger partial charge < -0.3 is 10.1 Å². The molecule has 0 aliphatic carbocycles. The molecule has 4 rings (SSSR count). The van der Waals surface area contributed by atoms with Gasteiger partial charge in [0.1, 0.15) is 10.6 Å². The first-order valence-electron chi connectivity index (χ1n) is 10.3. The normalized spacial score (nSPS) is 11.9. The number of fused-ring (bicyclic) bond motifs is 1. The van der Waals surface area contributed by atoms with Gasteiger partial charge in [0.15, 0.2) is 5.16 Å². The minimum Gasteiger partial charge on any atom is -0.497 e. The summed E-state index contributed by atoms with van der Waals surface area (Å²) in [4.78, 5) is 32.6. The molecule has 1 N–H and O–H groups in total. The Morgan fingerprint density at radius 1 is 1.30 bits per heavy atom. The molecule has 6 nitrogen and oxygen atoms in total. The Labute approximate surface area is 203 Å². The van der Waals surface area contributed by atoms with Crippen LogP contribution in [0.5, 0.6) is 5.75 Å². The predicted octanol–water partition coefficient (Wildman–Crippen LogP) is 5.18. The smallest absolute Gasteiger partial charge is 0.263 e. The molecular formula is C24H23N3O3S3. The lowest BCUT2D eigenvalue weighted by molar-refractivity contribution is -0.120. The van der Waals surface area contributed by atoms with Crippen molar-refractivity contribution in [2.24, 2.45) is 0 Å². The highest BCUT2D eigenvalue weighted by molar-refractivity contribution is 8.00. The first-order chi connectivity index (χ1) is 16.0. The van der Waals surface area contributed by atoms with Gasteiger partial charge in [0.2, 0.25) is 5.91 Å². The van der Waals surface area contributed by atoms with Gasteiger partial charge in [-0.25, -0.2) is 4.98 Å². The number of amides is 1. The van der Waals surface area contributed by atoms with Crippen LogP contribution in [0.2, 0.25) is 0 Å². The molecular weight excluding hydrogens is 474 g/mol. The summed E-state index contributed by atoms with van der Waals surface area (Å²) in [5.74, 6) is 0.646. The topological polar surface area (TPSA) is 73.2 Å². The molecule has 33 heavy (non-hydrogen) atoms. The van der Waals surface area contributed by atoms with Crippen molar-refractivity contribution >= 4 is 50.6 Å². The SMILES string of the molecule is C=CCn1c(SC(C)C(=O)NCc2ccc(OC)cc2)nc2scc(-c3cccs3)c2c1=O. The third kappa shape index (κ3) is 5.05. The van der Waals surface area contributed by atoms with Crippen molar-refractivity contribution in [3.8, 4) is 16.2 Å². The van der Waals surface area contributed by atoms with E-state index in [1.54, 1.807) is 29.1 Å². The van der Waals surface area contributed by atoms with Crippen molar-refractivity contribution in [3.05, 3.63) is 75.7 Å². The zero-order chi connectivity index (χ0) is 23.4. The highest BCUT2D eigenvalue weighted by atomic mass is 32.2. The van der Waals surface area contributed by atoms with Crippen LogP contribution < -0.4 is 15.6 Å². The zero-order valence-corrected chi connectivity index (χ0v) is 20.7. The van der Waals surface area contributed by atoms with Crippen molar-refractivity contribution in [3.63, 3.8) is 0 Å². The molecule has 0 saturated heterocycles. The van der Waals surface area contributed by atoms with E-state index >= 15 is 0 Å². The third-order valence-corrected chi connectivity index (χ3v) is 7.90. The average molecular weight is 498 g/mol. The second-order valence-electron chi connectivity index (χ2n) is 7.23. The number of thiophene rings is 2. The maximum atomic E-state index is 13.4. The number of methoxy groups -OCH3 is 1. The lowest BCUT2D eigenvalue weighted by Crippen LogP contribution is -2.31. The number of carbonyl (C=O) groups is 1. The van der Waals surface area contributed by atoms with Gasteiger partial charge in [-0.15, -0.1) is 29.3 Å². The molecule has 0 aliphatic heterocycles. The highest BCUT2D eigenvalue weighted by Crippen LogP contribution is 2.35. The van der Waals surface area contributed by atoms with E-state index in [1.165, 1.54) is 23.1 Å². The Balaban J connectivity index is 1.55. The molecule has 9 heteroatoms. The van der Waals surface area contributed by atoms with Gasteiger partial charge >= 0.3 is 0 Å². The molecule has 0 bridgehead atoms. The lowest BCUT2D eigenvalue weighted by atomic mass is 10.2. The third-order valence-electron chi connectivity index (χ3n) is 5.03. The van der Waals surface area contributed by atoms with Gasteiger partial charge in [-0.1, -0.05) is 36.0 Å². The van der Waals surface area contributed by atoms with Crippen molar-refractivity contribution in [2.75, 3.05) is 7.11 Å². The van der Waals surface area contributed by atoms with Gasteiger partial charge in [0.25, 0.3) is 5.56 Å². The Bertz CT molecular complexity index is 1320. The molecule has 1 unspecified atom stereocenters. The van der Waals surface area contributed by atoms with E-state index < -0.39 is 5.25 Å². The van der Waals surface area contributed by atoms with E-state index in [-0.39, 0.29) is 11.5 Å². The Morgan fingerprint density at radius 2 is 2.09 bits per heavy atom. The summed E-state index contributed by atoms with van der Waals surface area (Å²) < 4.78 is 6.76. The molecule has 0 aliphatic rings. The molecule has 0 spiro atoms. The summed E-state index contributed by atoms with van der Waals surface area (Å²) in [7, 11) is 1.62. The minimum absolute atomic E-state index is 0.113. The number of allylic oxidation sites excluding steroid dienone is 1. The number of rotatable bonds is 9. The van der Waals surface area contributed by atoms with Crippen molar-refractivity contribution in [2.45, 2.75) is 30.4 Å². The summed E-state index contributed by atoms with van der Waals surface area (Å²) in [6, 6.07) is 11.5. The molecule has 3 heterocycles. The number of hydrogen-bond acceptors (Lipinski definition) is 7. The maximum Gasteiger partial charge on any atom is 0.263 e. The molecule has 0 fully saturated rings. The summed E-state index contributed by atoms with van der Waals surface area (Å²) in [6.07, 6.45) is 1.67. The molecule has 4 aromatic rings. The van der Waals surface area contributed by atoms with Crippen LogP contribution >= 0.6 is 34.4 Å². The zero-order valence-electron chi connectivity index (χ0n) is 18.2. The summed E-state index contributed by atoms with van der Waals surface area (Å²) in [5.41, 5.74) is 1.77. The van der Waals surface area contributed by atoms with E-state index in [4.69, 9.17) is 9.72 Å². The van der Waals surface area contributed by atoms with Crippen molar-refractivity contribution < 1.29 is 9.53 Å². The Hall–Kier alpha value is -2.88. The standard InChI is InChI=1S/C24H23N3O3S3/c1-4-11-27-23(29)20-18(19-6-5-12-31-19)14-32-22(20)26-24(27)33-15(2)21(28)25-13-16-7-9-17(30-3)10-8-16/h4-10,12,14-15H,1,11,13H2,2-3H3,(H,25,28). The number of ether oxygens (including phenoxy) is 1. The first-order valence-corrected chi connectivity index (χ1v) is 12.9. The van der Waals surface area contributed by atoms with Gasteiger partial charge in [-0.05, 0) is 36.1 Å². The van der Waals surface area contributed by atoms with Crippen LogP contribution in [0, 0.1) is 0 Å². The van der Waals surface area contributed by atoms with Crippen LogP contribution in [-0.2, 0) is 17.9 Å². The van der Waals surface area contributed by atoms with Crippen LogP contribution in [0.4, 0.5) is 0 Å². The fourth-order valence-corrected chi connectivity index (χ4v) is 6.03. The monoisotopic (exact) mass is 497 g/mol. The molecule has 170 valence electrons. The van der Waals surface area contributed by atoms with E-state index in [9.17, 15) is 9.59 Å². The fraction of sp³-hybridized carbons (Fsp3) is 0.208. The van der Waals surface area contributed by atoms with Gasteiger partial charge in [-0.3, -0.25) is 14.2 Å². The number of carbonyl (C=O) groups excluding carboxylic acids is 1. The number of thioether (sulfide) groups is 1. The maximum absolute atomic E-state index is 13.4. The van der Waals surface area contributed by atoms with Gasteiger partial charge in [0.05, 0.1) is 17.7 Å². The highest BCUT2D eigenvalue weighted by Gasteiger charge is 2.21. The largest absolute Gasteiger partial charge is 0.497 e. The minimum atomic E-state index is -0.430. The Morgan fingerprint density at radius 3 is 2.76 bits per heavy atom. The second kappa shape index (κ2) is 10.4. The van der Waals surface area contributed by atoms with Crippen LogP contribution in [-0.4, -0.2) is 27.8 Å². The van der Waals surface area contributed by atoms with Gasteiger partial charge in [0, 0.05) is 28.9 Å². The fourth-order valence-electron chi connectivity index (χ4n) is 3.29. The van der Waals surface area contributed by atoms with Crippen molar-refractivity contribution in [1.29, 1.82) is 0 Å². The average Bonchev–Trinajstić information content (AvgIpc) is 3.50. The van der Waals surface area contributed by atoms with Crippen LogP contribution in [0.15, 0.2) is 69.8 Å². The lowest BCUT2D eigenvalue weighted by Gasteiger charge is -2.15. The molecule has 1 atom stereocenters. The van der Waals surface area contributed by atoms with Crippen LogP contribution in [0.3, 0.4) is 0 Å². The molecule has 0 radical (unpaired) electrons. The Kier molecular flexibility index (Phi) is 7.32. The van der Waals surface area contributed by atoms with Crippen molar-refractivity contribution in [1.82, 2.24) is 14.9 Å². The van der Waals surface area contributed by atoms with Crippen LogP contribution in [0.25, 0.3) is 20.7 Å². The predicted molar refractivity (Wildman–Crippen MR) is 138 cm³/mol. The number of hydrogen-bond donors (Lipinski definition) is 1. The van der Waals surface area contributed by atoms with Crippen LogP contribution in [0.1, 0.15) is 12.5 Å². The number of nitrogens with one attached hydrogen (secondary N) is 1. The number of benzene rings is 1. The molecule has 0 saturated carbocycles. The molecule has 1 aromatic carbocycles. The van der Waals surface area contributed by atoms with Gasteiger partial charge in [-0.2, -0.15) is 0 Å². The summed E-state index contributed by atoms with van der Waals surface area (Å²) in [5, 5.41) is 7.62. The van der Waals surface area contributed by atoms with E-state index in [0.717, 1.165) is 21.8 Å².